The Morgan fingerprint density at radius 1 is 1.08 bits per heavy atom. The summed E-state index contributed by atoms with van der Waals surface area (Å²) >= 11 is 1.32. The van der Waals surface area contributed by atoms with Gasteiger partial charge < -0.3 is 9.73 Å². The Morgan fingerprint density at radius 3 is 2.82 bits per heavy atom. The lowest BCUT2D eigenvalue weighted by Crippen LogP contribution is -2.41. The number of aliphatic imine (C=N–C) groups is 2. The van der Waals surface area contributed by atoms with Crippen LogP contribution in [0.25, 0.3) is 5.65 Å². The molecule has 0 aliphatic carbocycles. The first-order chi connectivity index (χ1) is 18.6. The number of para-hydroxylation sites is 1. The second-order valence-corrected chi connectivity index (χ2v) is 9.69. The SMILES string of the molecule is O=C(CCC1N=C2c3ccccc3N=C(SCc3cc(=O)n4ccccc4n3)N2C1=O)NCc1ccco1. The molecule has 10 nitrogen and oxygen atoms in total. The highest BCUT2D eigenvalue weighted by Gasteiger charge is 2.41. The third-order valence-electron chi connectivity index (χ3n) is 6.21. The van der Waals surface area contributed by atoms with Crippen molar-refractivity contribution >= 4 is 45.9 Å². The normalized spacial score (nSPS) is 16.2. The number of carbonyl (C=O) groups is 2. The fourth-order valence-electron chi connectivity index (χ4n) is 4.36. The lowest BCUT2D eigenvalue weighted by Gasteiger charge is -2.25. The minimum atomic E-state index is -0.695. The molecular formula is C27H22N6O4S. The largest absolute Gasteiger partial charge is 0.467 e. The molecule has 1 N–H and O–H groups in total. The molecule has 2 aliphatic heterocycles. The number of pyridine rings is 1. The van der Waals surface area contributed by atoms with E-state index in [4.69, 9.17) is 14.4 Å². The Morgan fingerprint density at radius 2 is 1.95 bits per heavy atom. The minimum absolute atomic E-state index is 0.147. The van der Waals surface area contributed by atoms with Crippen molar-refractivity contribution in [2.24, 2.45) is 9.98 Å². The summed E-state index contributed by atoms with van der Waals surface area (Å²) in [6.07, 6.45) is 3.64. The quantitative estimate of drug-likeness (QED) is 0.395. The van der Waals surface area contributed by atoms with Crippen molar-refractivity contribution in [2.45, 2.75) is 31.2 Å². The average molecular weight is 527 g/mol. The second kappa shape index (κ2) is 10.1. The molecule has 0 saturated carbocycles. The number of carbonyl (C=O) groups excluding carboxylic acids is 2. The summed E-state index contributed by atoms with van der Waals surface area (Å²) in [5, 5.41) is 3.26. The van der Waals surface area contributed by atoms with E-state index in [0.29, 0.717) is 39.5 Å². The van der Waals surface area contributed by atoms with E-state index in [1.54, 1.807) is 36.7 Å². The lowest BCUT2D eigenvalue weighted by atomic mass is 10.1. The molecule has 2 aliphatic rings. The first-order valence-electron chi connectivity index (χ1n) is 12.1. The van der Waals surface area contributed by atoms with Crippen LogP contribution in [-0.4, -0.2) is 43.1 Å². The number of nitrogens with one attached hydrogen (secondary N) is 1. The van der Waals surface area contributed by atoms with Crippen LogP contribution >= 0.6 is 11.8 Å². The molecule has 38 heavy (non-hydrogen) atoms. The molecule has 0 saturated heterocycles. The van der Waals surface area contributed by atoms with Crippen molar-refractivity contribution in [1.29, 1.82) is 0 Å². The molecule has 6 rings (SSSR count). The summed E-state index contributed by atoms with van der Waals surface area (Å²) < 4.78 is 6.71. The topological polar surface area (TPSA) is 122 Å². The van der Waals surface area contributed by atoms with E-state index < -0.39 is 6.04 Å². The van der Waals surface area contributed by atoms with Crippen molar-refractivity contribution in [3.8, 4) is 0 Å². The van der Waals surface area contributed by atoms with Gasteiger partial charge in [-0.25, -0.2) is 14.9 Å². The van der Waals surface area contributed by atoms with Gasteiger partial charge in [0.25, 0.3) is 11.5 Å². The Bertz CT molecular complexity index is 1660. The zero-order chi connectivity index (χ0) is 26.1. The average Bonchev–Trinajstić information content (AvgIpc) is 3.57. The van der Waals surface area contributed by atoms with Crippen LogP contribution in [0.3, 0.4) is 0 Å². The third-order valence-corrected chi connectivity index (χ3v) is 7.18. The van der Waals surface area contributed by atoms with Crippen LogP contribution in [-0.2, 0) is 21.9 Å². The van der Waals surface area contributed by atoms with Gasteiger partial charge in [-0.1, -0.05) is 30.0 Å². The number of nitrogens with zero attached hydrogens (tertiary/aromatic N) is 5. The van der Waals surface area contributed by atoms with Crippen molar-refractivity contribution in [3.63, 3.8) is 0 Å². The highest BCUT2D eigenvalue weighted by molar-refractivity contribution is 8.13. The van der Waals surface area contributed by atoms with Gasteiger partial charge >= 0.3 is 0 Å². The van der Waals surface area contributed by atoms with Crippen molar-refractivity contribution in [1.82, 2.24) is 19.6 Å². The van der Waals surface area contributed by atoms with Crippen molar-refractivity contribution in [2.75, 3.05) is 0 Å². The number of fused-ring (bicyclic) bond motifs is 4. The molecule has 0 spiro atoms. The van der Waals surface area contributed by atoms with E-state index in [0.717, 1.165) is 5.56 Å². The van der Waals surface area contributed by atoms with E-state index in [-0.39, 0.29) is 36.8 Å². The van der Waals surface area contributed by atoms with Gasteiger partial charge in [0.15, 0.2) is 5.17 Å². The molecule has 11 heteroatoms. The van der Waals surface area contributed by atoms with Gasteiger partial charge in [-0.2, -0.15) is 0 Å². The summed E-state index contributed by atoms with van der Waals surface area (Å²) in [7, 11) is 0. The highest BCUT2D eigenvalue weighted by atomic mass is 32.2. The standard InChI is InChI=1S/C27H22N6O4S/c34-23(28-15-18-6-5-13-37-18)11-10-21-26(36)33-25(30-21)19-7-1-2-8-20(19)31-27(33)38-16-17-14-24(35)32-12-4-3-9-22(32)29-17/h1-9,12-14,21H,10-11,15-16H2,(H,28,34). The Balaban J connectivity index is 1.19. The number of amides is 2. The molecular weight excluding hydrogens is 504 g/mol. The summed E-state index contributed by atoms with van der Waals surface area (Å²) in [4.78, 5) is 53.9. The first-order valence-corrected chi connectivity index (χ1v) is 13.0. The molecule has 1 atom stereocenters. The summed E-state index contributed by atoms with van der Waals surface area (Å²) in [5.74, 6) is 1.11. The monoisotopic (exact) mass is 526 g/mol. The van der Waals surface area contributed by atoms with Crippen molar-refractivity contribution < 1.29 is 14.0 Å². The predicted molar refractivity (Wildman–Crippen MR) is 143 cm³/mol. The number of amidine groups is 2. The number of hydrogen-bond donors (Lipinski definition) is 1. The first kappa shape index (κ1) is 23.9. The van der Waals surface area contributed by atoms with E-state index >= 15 is 0 Å². The molecule has 1 aromatic carbocycles. The van der Waals surface area contributed by atoms with Crippen LogP contribution in [0.5, 0.6) is 0 Å². The van der Waals surface area contributed by atoms with Gasteiger partial charge in [-0.3, -0.25) is 23.8 Å². The summed E-state index contributed by atoms with van der Waals surface area (Å²) in [5.41, 5.74) is 2.43. The number of thioether (sulfide) groups is 1. The number of benzene rings is 1. The Labute approximate surface area is 221 Å². The maximum Gasteiger partial charge on any atom is 0.259 e. The van der Waals surface area contributed by atoms with Crippen LogP contribution in [0, 0.1) is 0 Å². The molecule has 3 aromatic heterocycles. The third kappa shape index (κ3) is 4.63. The molecule has 2 amide bonds. The number of hydrogen-bond acceptors (Lipinski definition) is 8. The molecule has 0 radical (unpaired) electrons. The van der Waals surface area contributed by atoms with Crippen molar-refractivity contribution in [3.05, 3.63) is 100 Å². The summed E-state index contributed by atoms with van der Waals surface area (Å²) in [6.45, 7) is 0.290. The van der Waals surface area contributed by atoms with Gasteiger partial charge in [0.1, 0.15) is 23.3 Å². The van der Waals surface area contributed by atoms with E-state index in [1.807, 2.05) is 30.3 Å². The van der Waals surface area contributed by atoms with Crippen LogP contribution in [0.15, 0.2) is 92.3 Å². The van der Waals surface area contributed by atoms with Crippen LogP contribution in [0.4, 0.5) is 5.69 Å². The molecule has 1 unspecified atom stereocenters. The fraction of sp³-hybridized carbons (Fsp3) is 0.185. The highest BCUT2D eigenvalue weighted by Crippen LogP contribution is 2.34. The summed E-state index contributed by atoms with van der Waals surface area (Å²) in [6, 6.07) is 17.2. The Kier molecular flexibility index (Phi) is 6.34. The van der Waals surface area contributed by atoms with Crippen LogP contribution < -0.4 is 10.9 Å². The second-order valence-electron chi connectivity index (χ2n) is 8.75. The minimum Gasteiger partial charge on any atom is -0.467 e. The maximum absolute atomic E-state index is 13.5. The van der Waals surface area contributed by atoms with E-state index in [2.05, 4.69) is 10.3 Å². The predicted octanol–water partition coefficient (Wildman–Crippen LogP) is 3.28. The molecule has 4 aromatic rings. The number of rotatable bonds is 7. The number of furan rings is 1. The maximum atomic E-state index is 13.5. The molecule has 0 fully saturated rings. The zero-order valence-corrected chi connectivity index (χ0v) is 20.9. The van der Waals surface area contributed by atoms with Crippen LogP contribution in [0.2, 0.25) is 0 Å². The molecule has 5 heterocycles. The molecule has 0 bridgehead atoms. The van der Waals surface area contributed by atoms with Gasteiger partial charge in [0.05, 0.1) is 24.2 Å². The van der Waals surface area contributed by atoms with Gasteiger partial charge in [-0.15, -0.1) is 0 Å². The van der Waals surface area contributed by atoms with Crippen LogP contribution in [0.1, 0.15) is 29.9 Å². The smallest absolute Gasteiger partial charge is 0.259 e. The van der Waals surface area contributed by atoms with E-state index in [1.165, 1.54) is 27.1 Å². The number of aromatic nitrogens is 2. The fourth-order valence-corrected chi connectivity index (χ4v) is 5.25. The van der Waals surface area contributed by atoms with Gasteiger partial charge in [-0.05, 0) is 42.8 Å². The van der Waals surface area contributed by atoms with Gasteiger partial charge in [0.2, 0.25) is 5.91 Å². The lowest BCUT2D eigenvalue weighted by molar-refractivity contribution is -0.125. The molecule has 190 valence electrons. The van der Waals surface area contributed by atoms with E-state index in [9.17, 15) is 14.4 Å². The zero-order valence-electron chi connectivity index (χ0n) is 20.1. The van der Waals surface area contributed by atoms with Gasteiger partial charge in [0, 0.05) is 30.0 Å². The Hall–Kier alpha value is -4.51.